The molecule has 0 fully saturated rings. The summed E-state index contributed by atoms with van der Waals surface area (Å²) in [7, 11) is 1.64. The second kappa shape index (κ2) is 17.3. The van der Waals surface area contributed by atoms with E-state index in [9.17, 15) is 22.4 Å². The second-order valence-corrected chi connectivity index (χ2v) is 12.6. The van der Waals surface area contributed by atoms with Crippen molar-refractivity contribution in [1.29, 1.82) is 0 Å². The van der Waals surface area contributed by atoms with Gasteiger partial charge in [-0.05, 0) is 108 Å². The van der Waals surface area contributed by atoms with Crippen molar-refractivity contribution in [3.63, 3.8) is 0 Å². The molecule has 0 saturated carbocycles. The Morgan fingerprint density at radius 1 is 0.518 bits per heavy atom. The normalized spacial score (nSPS) is 10.7. The van der Waals surface area contributed by atoms with E-state index in [1.165, 1.54) is 12.1 Å². The third kappa shape index (κ3) is 8.66. The van der Waals surface area contributed by atoms with Gasteiger partial charge in [-0.1, -0.05) is 54.1 Å². The monoisotopic (exact) mass is 762 g/mol. The topological polar surface area (TPSA) is 54.0 Å². The van der Waals surface area contributed by atoms with Gasteiger partial charge >= 0.3 is 29.6 Å². The maximum absolute atomic E-state index is 14.2. The van der Waals surface area contributed by atoms with E-state index in [4.69, 9.17) is 18.9 Å². The van der Waals surface area contributed by atoms with Crippen LogP contribution in [0.4, 0.5) is 17.6 Å². The molecule has 0 radical (unpaired) electrons. The molecule has 0 aliphatic rings. The zero-order valence-electron chi connectivity index (χ0n) is 30.8. The first-order valence-electron chi connectivity index (χ1n) is 17.1. The van der Waals surface area contributed by atoms with Crippen LogP contribution in [0.5, 0.6) is 40.2 Å². The molecule has 0 aliphatic heterocycles. The van der Waals surface area contributed by atoms with Crippen LogP contribution in [0.1, 0.15) is 27.0 Å². The van der Waals surface area contributed by atoms with Gasteiger partial charge in [-0.3, -0.25) is 0 Å². The molecule has 7 aromatic carbocycles. The number of benzene rings is 7. The van der Waals surface area contributed by atoms with E-state index in [1.807, 2.05) is 55.5 Å². The summed E-state index contributed by atoms with van der Waals surface area (Å²) in [5.74, 6) is -4.51. The maximum Gasteiger partial charge on any atom is 1.00 e. The molecule has 0 spiro atoms. The smallest absolute Gasteiger partial charge is 0.497 e. The number of methoxy groups -OCH3 is 1. The molecule has 0 N–H and O–H groups in total. The zero-order valence-corrected chi connectivity index (χ0v) is 32.8. The van der Waals surface area contributed by atoms with Gasteiger partial charge in [0.25, 0.3) is 0 Å². The van der Waals surface area contributed by atoms with Gasteiger partial charge in [0.2, 0.25) is 17.4 Å². The van der Waals surface area contributed by atoms with Crippen molar-refractivity contribution in [1.82, 2.24) is 0 Å². The van der Waals surface area contributed by atoms with Crippen molar-refractivity contribution < 1.29 is 70.9 Å². The number of aryl methyl sites for hydroxylation is 1. The first-order valence-corrected chi connectivity index (χ1v) is 17.1. The molecule has 10 heteroatoms. The summed E-state index contributed by atoms with van der Waals surface area (Å²) in [6.07, 6.45) is 0. The van der Waals surface area contributed by atoms with Crippen molar-refractivity contribution in [3.05, 3.63) is 185 Å². The average molecular weight is 763 g/mol. The summed E-state index contributed by atoms with van der Waals surface area (Å²) in [5, 5.41) is 0. The Labute approximate surface area is 343 Å². The Morgan fingerprint density at radius 2 is 0.964 bits per heavy atom. The largest absolute Gasteiger partial charge is 1.00 e. The van der Waals surface area contributed by atoms with Gasteiger partial charge < -0.3 is 23.7 Å². The minimum absolute atomic E-state index is 0. The number of rotatable bonds is 11. The third-order valence-corrected chi connectivity index (χ3v) is 8.92. The van der Waals surface area contributed by atoms with Gasteiger partial charge in [0.1, 0.15) is 34.5 Å². The Hall–Kier alpha value is -5.87. The number of carbonyl (C=O) groups excluding carboxylic acids is 1. The molecule has 5 nitrogen and oxygen atoms in total. The fourth-order valence-corrected chi connectivity index (χ4v) is 5.80. The van der Waals surface area contributed by atoms with Crippen LogP contribution in [0.3, 0.4) is 0 Å². The molecule has 56 heavy (non-hydrogen) atoms. The van der Waals surface area contributed by atoms with Crippen LogP contribution < -0.4 is 48.5 Å². The summed E-state index contributed by atoms with van der Waals surface area (Å²) in [4.78, 5) is 13.3. The second-order valence-electron chi connectivity index (χ2n) is 12.6. The van der Waals surface area contributed by atoms with Crippen LogP contribution in [0.25, 0.3) is 22.3 Å². The summed E-state index contributed by atoms with van der Waals surface area (Å²) in [6, 6.07) is 42.1. The Balaban J connectivity index is 0.00000532. The van der Waals surface area contributed by atoms with Crippen LogP contribution in [0.2, 0.25) is 0 Å². The molecule has 0 aliphatic carbocycles. The molecule has 7 rings (SSSR count). The number of ketones is 1. The minimum atomic E-state index is -1.61. The van der Waals surface area contributed by atoms with Crippen molar-refractivity contribution in [2.75, 3.05) is 7.11 Å². The van der Waals surface area contributed by atoms with Crippen molar-refractivity contribution in [2.24, 2.45) is 0 Å². The quantitative estimate of drug-likeness (QED) is 0.0432. The van der Waals surface area contributed by atoms with E-state index < -0.39 is 34.6 Å². The average Bonchev–Trinajstić information content (AvgIpc) is 3.22. The zero-order chi connectivity index (χ0) is 38.6. The van der Waals surface area contributed by atoms with E-state index in [1.54, 1.807) is 79.9 Å². The van der Waals surface area contributed by atoms with Gasteiger partial charge in [0.05, 0.1) is 7.11 Å². The SMILES string of the molecule is COc1ccc(-c2ccc(Oc3ccc(C(=O)c4c[c-]c(Oc5ccc(-c6ccc(Oc7c(F)c(F)c(C)c(F)c7F)cc6)cc5)cc4)cc3C)cc2)cc1.[Na+]. The van der Waals surface area contributed by atoms with Gasteiger partial charge in [0, 0.05) is 16.9 Å². The van der Waals surface area contributed by atoms with Gasteiger partial charge in [-0.2, -0.15) is 20.9 Å². The van der Waals surface area contributed by atoms with Crippen LogP contribution in [0, 0.1) is 43.2 Å². The number of hydrogen-bond donors (Lipinski definition) is 0. The van der Waals surface area contributed by atoms with Gasteiger partial charge in [0.15, 0.2) is 11.6 Å². The third-order valence-electron chi connectivity index (χ3n) is 8.92. The number of carbonyl (C=O) groups is 1. The van der Waals surface area contributed by atoms with Crippen LogP contribution in [-0.2, 0) is 0 Å². The van der Waals surface area contributed by atoms with Crippen molar-refractivity contribution in [3.8, 4) is 62.5 Å². The number of hydrogen-bond acceptors (Lipinski definition) is 5. The van der Waals surface area contributed by atoms with E-state index >= 15 is 0 Å². The minimum Gasteiger partial charge on any atom is -0.497 e. The number of ether oxygens (including phenoxy) is 4. The Kier molecular flexibility index (Phi) is 12.3. The van der Waals surface area contributed by atoms with Crippen LogP contribution in [0.15, 0.2) is 133 Å². The molecular weight excluding hydrogens is 731 g/mol. The molecule has 0 bridgehead atoms. The predicted octanol–water partition coefficient (Wildman–Crippen LogP) is 9.61. The van der Waals surface area contributed by atoms with E-state index in [0.29, 0.717) is 34.1 Å². The van der Waals surface area contributed by atoms with Crippen LogP contribution >= 0.6 is 0 Å². The summed E-state index contributed by atoms with van der Waals surface area (Å²) in [6.45, 7) is 2.83. The summed E-state index contributed by atoms with van der Waals surface area (Å²) >= 11 is 0. The Bertz CT molecular complexity index is 2460. The maximum atomic E-state index is 14.2. The van der Waals surface area contributed by atoms with E-state index in [0.717, 1.165) is 40.5 Å². The fourth-order valence-electron chi connectivity index (χ4n) is 5.80. The molecule has 0 unspecified atom stereocenters. The Morgan fingerprint density at radius 3 is 1.41 bits per heavy atom. The fraction of sp³-hybridized carbons (Fsp3) is 0.0652. The van der Waals surface area contributed by atoms with Crippen molar-refractivity contribution in [2.45, 2.75) is 13.8 Å². The summed E-state index contributed by atoms with van der Waals surface area (Å²) < 4.78 is 78.8. The van der Waals surface area contributed by atoms with Gasteiger partial charge in [-0.15, -0.1) is 12.1 Å². The first-order chi connectivity index (χ1) is 26.6. The molecule has 0 atom stereocenters. The molecule has 0 saturated heterocycles. The number of halogens is 4. The van der Waals surface area contributed by atoms with E-state index in [2.05, 4.69) is 6.07 Å². The molecule has 274 valence electrons. The summed E-state index contributed by atoms with van der Waals surface area (Å²) in [5.41, 5.74) is 4.65. The first kappa shape index (κ1) is 39.8. The van der Waals surface area contributed by atoms with Crippen LogP contribution in [-0.4, -0.2) is 12.9 Å². The molecular formula is C46H31F4NaO5. The predicted molar refractivity (Wildman–Crippen MR) is 201 cm³/mol. The molecule has 7 aromatic rings. The standard InChI is InChI=1S/C46H31F4O5.Na/c1-27-26-34(14-25-40(27)54-38-19-8-31(9-20-38)29-4-15-35(52-3)16-5-29)45(51)33-12-23-37(24-13-33)53-36-17-6-30(7-18-36)32-10-21-39(22-11-32)55-46-43(49)41(47)28(2)42(48)44(46)50;/h4-23,25-26H,1-3H3;/q-1;+1. The van der Waals surface area contributed by atoms with Gasteiger partial charge in [-0.25, -0.2) is 8.78 Å². The van der Waals surface area contributed by atoms with E-state index in [-0.39, 0.29) is 41.1 Å². The van der Waals surface area contributed by atoms with Crippen molar-refractivity contribution >= 4 is 5.78 Å². The molecule has 0 amide bonds. The molecule has 0 heterocycles. The molecule has 0 aromatic heterocycles.